The fourth-order valence-corrected chi connectivity index (χ4v) is 5.12. The highest BCUT2D eigenvalue weighted by Crippen LogP contribution is 2.37. The maximum atomic E-state index is 13.6. The first-order chi connectivity index (χ1) is 19.5. The number of benzene rings is 1. The number of aliphatic imine (C=N–C) groups is 1. The van der Waals surface area contributed by atoms with E-state index in [1.807, 2.05) is 12.2 Å². The van der Waals surface area contributed by atoms with E-state index < -0.39 is 17.9 Å². The molecule has 40 heavy (non-hydrogen) atoms. The summed E-state index contributed by atoms with van der Waals surface area (Å²) in [5.41, 5.74) is 3.18. The van der Waals surface area contributed by atoms with Crippen LogP contribution in [0.3, 0.4) is 0 Å². The average Bonchev–Trinajstić information content (AvgIpc) is 3.59. The minimum absolute atomic E-state index is 0.0602. The summed E-state index contributed by atoms with van der Waals surface area (Å²) in [6, 6.07) is 6.16. The molecule has 0 spiro atoms. The molecule has 0 bridgehead atoms. The maximum absolute atomic E-state index is 13.6. The second kappa shape index (κ2) is 10.6. The number of hydrogen-bond acceptors (Lipinski definition) is 8. The number of nitrogens with one attached hydrogen (secondary N) is 3. The van der Waals surface area contributed by atoms with Crippen LogP contribution in [0, 0.1) is 5.92 Å². The van der Waals surface area contributed by atoms with Crippen molar-refractivity contribution in [1.29, 1.82) is 0 Å². The molecule has 3 heterocycles. The third kappa shape index (κ3) is 5.00. The van der Waals surface area contributed by atoms with Crippen LogP contribution in [-0.2, 0) is 19.1 Å². The Kier molecular flexibility index (Phi) is 6.69. The minimum atomic E-state index is -1.06. The summed E-state index contributed by atoms with van der Waals surface area (Å²) in [7, 11) is 0. The Labute approximate surface area is 229 Å². The van der Waals surface area contributed by atoms with Crippen LogP contribution in [0.5, 0.6) is 0 Å². The number of fused-ring (bicyclic) bond motifs is 2. The topological polar surface area (TPSA) is 142 Å². The van der Waals surface area contributed by atoms with Crippen molar-refractivity contribution in [3.8, 4) is 0 Å². The Hall–Kier alpha value is -5.06. The lowest BCUT2D eigenvalue weighted by Crippen LogP contribution is -2.41. The highest BCUT2D eigenvalue weighted by atomic mass is 16.7. The molecule has 2 atom stereocenters. The highest BCUT2D eigenvalue weighted by Gasteiger charge is 2.41. The van der Waals surface area contributed by atoms with Crippen LogP contribution in [-0.4, -0.2) is 59.7 Å². The summed E-state index contributed by atoms with van der Waals surface area (Å²) in [5, 5.41) is 18.8. The van der Waals surface area contributed by atoms with Crippen LogP contribution >= 0.6 is 0 Å². The van der Waals surface area contributed by atoms with Crippen LogP contribution < -0.4 is 16.0 Å². The molecule has 11 nitrogen and oxygen atoms in total. The second-order valence-corrected chi connectivity index (χ2v) is 9.65. The standard InChI is InChI=1S/C29H27N5O6/c35-25(36)14-23(26-21-3-1-2-4-24(21)39-16-40-26)34-15-18-7-10-20(13-22(18)28(34)38)32-27(37)17-5-8-19(9-6-17)33-29-30-11-12-31-29/h1-2,4-10,13,15,22-23H,3,11-12,14,16H2,(H,32,37)(H,35,36)(H2,30,31,33). The van der Waals surface area contributed by atoms with Crippen LogP contribution in [0.1, 0.15) is 23.2 Å². The van der Waals surface area contributed by atoms with E-state index in [-0.39, 0.29) is 25.0 Å². The van der Waals surface area contributed by atoms with Crippen molar-refractivity contribution in [3.63, 3.8) is 0 Å². The Morgan fingerprint density at radius 1 is 1.20 bits per heavy atom. The lowest BCUT2D eigenvalue weighted by Gasteiger charge is -2.33. The van der Waals surface area contributed by atoms with Gasteiger partial charge in [0, 0.05) is 35.3 Å². The number of allylic oxidation sites excluding steroid dienone is 6. The van der Waals surface area contributed by atoms with Gasteiger partial charge in [0.1, 0.15) is 17.6 Å². The molecule has 2 aliphatic carbocycles. The maximum Gasteiger partial charge on any atom is 0.305 e. The summed E-state index contributed by atoms with van der Waals surface area (Å²) in [6.07, 6.45) is 12.6. The number of carboxylic acids is 1. The molecule has 204 valence electrons. The molecule has 0 saturated heterocycles. The predicted octanol–water partition coefficient (Wildman–Crippen LogP) is 2.53. The average molecular weight is 542 g/mol. The number of rotatable bonds is 7. The molecular weight excluding hydrogens is 514 g/mol. The Balaban J connectivity index is 1.17. The van der Waals surface area contributed by atoms with Crippen molar-refractivity contribution >= 4 is 29.4 Å². The zero-order valence-electron chi connectivity index (χ0n) is 21.4. The smallest absolute Gasteiger partial charge is 0.305 e. The molecule has 4 N–H and O–H groups in total. The first-order valence-electron chi connectivity index (χ1n) is 12.9. The van der Waals surface area contributed by atoms with Gasteiger partial charge in [0.2, 0.25) is 12.7 Å². The van der Waals surface area contributed by atoms with E-state index in [2.05, 4.69) is 20.9 Å². The normalized spacial score (nSPS) is 21.6. The molecule has 0 saturated carbocycles. The molecule has 2 unspecified atom stereocenters. The molecule has 2 amide bonds. The van der Waals surface area contributed by atoms with E-state index in [9.17, 15) is 19.5 Å². The fraction of sp³-hybridized carbons (Fsp3) is 0.241. The largest absolute Gasteiger partial charge is 0.481 e. The van der Waals surface area contributed by atoms with Gasteiger partial charge in [0.25, 0.3) is 5.91 Å². The molecule has 0 aromatic heterocycles. The van der Waals surface area contributed by atoms with Crippen molar-refractivity contribution < 1.29 is 29.0 Å². The molecule has 11 heteroatoms. The number of amides is 2. The zero-order valence-corrected chi connectivity index (χ0v) is 21.4. The number of ether oxygens (including phenoxy) is 2. The number of aliphatic carboxylic acids is 1. The van der Waals surface area contributed by atoms with E-state index >= 15 is 0 Å². The Morgan fingerprint density at radius 2 is 2.05 bits per heavy atom. The van der Waals surface area contributed by atoms with Crippen LogP contribution in [0.2, 0.25) is 0 Å². The van der Waals surface area contributed by atoms with Gasteiger partial charge in [-0.05, 0) is 54.5 Å². The second-order valence-electron chi connectivity index (χ2n) is 9.65. The SMILES string of the molecule is O=C(O)CC(C1=C2CC=CC=C2OCO1)N1C=C2C=CC(NC(=O)c3ccc(NC4=NCCN4)cc3)=CC2C1=O. The summed E-state index contributed by atoms with van der Waals surface area (Å²) in [5.74, 6) is -0.585. The first-order valence-corrected chi connectivity index (χ1v) is 12.9. The molecule has 3 aliphatic heterocycles. The highest BCUT2D eigenvalue weighted by molar-refractivity contribution is 5.98. The first kappa shape index (κ1) is 25.2. The number of carboxylic acid groups (broad SMARTS) is 1. The van der Waals surface area contributed by atoms with Crippen LogP contribution in [0.25, 0.3) is 0 Å². The van der Waals surface area contributed by atoms with Gasteiger partial charge in [-0.25, -0.2) is 0 Å². The Morgan fingerprint density at radius 3 is 2.83 bits per heavy atom. The van der Waals surface area contributed by atoms with Crippen molar-refractivity contribution in [3.05, 3.63) is 101 Å². The third-order valence-electron chi connectivity index (χ3n) is 7.05. The molecule has 1 aromatic rings. The van der Waals surface area contributed by atoms with Gasteiger partial charge in [-0.15, -0.1) is 0 Å². The van der Waals surface area contributed by atoms with Gasteiger partial charge in [-0.3, -0.25) is 19.4 Å². The van der Waals surface area contributed by atoms with Gasteiger partial charge in [0.05, 0.1) is 18.9 Å². The third-order valence-corrected chi connectivity index (χ3v) is 7.05. The number of carbonyl (C=O) groups is 3. The lowest BCUT2D eigenvalue weighted by molar-refractivity contribution is -0.140. The number of guanidine groups is 1. The van der Waals surface area contributed by atoms with Gasteiger partial charge >= 0.3 is 5.97 Å². The molecule has 0 radical (unpaired) electrons. The summed E-state index contributed by atoms with van der Waals surface area (Å²) in [6.45, 7) is 1.46. The molecule has 5 aliphatic rings. The van der Waals surface area contributed by atoms with Crippen LogP contribution in [0.4, 0.5) is 5.69 Å². The minimum Gasteiger partial charge on any atom is -0.481 e. The number of nitrogens with zero attached hydrogens (tertiary/aromatic N) is 2. The van der Waals surface area contributed by atoms with Crippen LogP contribution in [0.15, 0.2) is 100 Å². The number of carbonyl (C=O) groups excluding carboxylic acids is 2. The zero-order chi connectivity index (χ0) is 27.6. The fourth-order valence-electron chi connectivity index (χ4n) is 5.12. The molecule has 1 aromatic carbocycles. The number of anilines is 1. The number of hydrogen-bond donors (Lipinski definition) is 4. The van der Waals surface area contributed by atoms with E-state index in [4.69, 9.17) is 9.47 Å². The van der Waals surface area contributed by atoms with Gasteiger partial charge in [-0.2, -0.15) is 0 Å². The summed E-state index contributed by atoms with van der Waals surface area (Å²) >= 11 is 0. The van der Waals surface area contributed by atoms with Crippen molar-refractivity contribution in [2.24, 2.45) is 10.9 Å². The van der Waals surface area contributed by atoms with Crippen molar-refractivity contribution in [2.45, 2.75) is 18.9 Å². The van der Waals surface area contributed by atoms with E-state index in [1.165, 1.54) is 4.90 Å². The van der Waals surface area contributed by atoms with E-state index in [1.54, 1.807) is 54.8 Å². The van der Waals surface area contributed by atoms with Gasteiger partial charge in [0.15, 0.2) is 5.96 Å². The van der Waals surface area contributed by atoms with Gasteiger partial charge < -0.3 is 35.4 Å². The molecule has 0 fully saturated rings. The quantitative estimate of drug-likeness (QED) is 0.413. The predicted molar refractivity (Wildman–Crippen MR) is 145 cm³/mol. The molecule has 6 rings (SSSR count). The summed E-state index contributed by atoms with van der Waals surface area (Å²) < 4.78 is 11.3. The Bertz CT molecular complexity index is 1480. The monoisotopic (exact) mass is 541 g/mol. The van der Waals surface area contributed by atoms with E-state index in [0.717, 1.165) is 24.4 Å². The van der Waals surface area contributed by atoms with Gasteiger partial charge in [-0.1, -0.05) is 18.2 Å². The lowest BCUT2D eigenvalue weighted by atomic mass is 9.95. The summed E-state index contributed by atoms with van der Waals surface area (Å²) in [4.78, 5) is 44.0. The van der Waals surface area contributed by atoms with Crippen molar-refractivity contribution in [1.82, 2.24) is 15.5 Å². The van der Waals surface area contributed by atoms with E-state index in [0.29, 0.717) is 40.7 Å². The van der Waals surface area contributed by atoms with Crippen molar-refractivity contribution in [2.75, 3.05) is 25.2 Å². The molecular formula is C29H27N5O6.